The highest BCUT2D eigenvalue weighted by Crippen LogP contribution is 2.42. The van der Waals surface area contributed by atoms with E-state index in [0.29, 0.717) is 12.2 Å². The minimum Gasteiger partial charge on any atom is -0.497 e. The molecule has 0 radical (unpaired) electrons. The Morgan fingerprint density at radius 1 is 1.16 bits per heavy atom. The lowest BCUT2D eigenvalue weighted by atomic mass is 9.95. The van der Waals surface area contributed by atoms with E-state index in [1.165, 1.54) is 0 Å². The van der Waals surface area contributed by atoms with E-state index >= 15 is 0 Å². The lowest BCUT2D eigenvalue weighted by molar-refractivity contribution is 0.0655. The molecule has 2 atom stereocenters. The number of fused-ring (bicyclic) bond motifs is 1. The molecular weight excluding hydrogens is 240 g/mol. The molecule has 2 aromatic carbocycles. The van der Waals surface area contributed by atoms with E-state index in [4.69, 9.17) is 9.47 Å². The van der Waals surface area contributed by atoms with Gasteiger partial charge in [0.15, 0.2) is 0 Å². The first-order chi connectivity index (χ1) is 9.28. The van der Waals surface area contributed by atoms with Crippen LogP contribution in [0.25, 0.3) is 0 Å². The molecule has 0 saturated heterocycles. The number of aliphatic hydroxyl groups is 1. The fraction of sp³-hybridized carbons (Fsp3) is 0.250. The second-order valence-electron chi connectivity index (χ2n) is 4.67. The number of aliphatic hydroxyl groups excluding tert-OH is 1. The maximum Gasteiger partial charge on any atom is 0.129 e. The van der Waals surface area contributed by atoms with Gasteiger partial charge in [0.05, 0.1) is 13.2 Å². The molecule has 0 aromatic heterocycles. The van der Waals surface area contributed by atoms with Gasteiger partial charge in [0.1, 0.15) is 17.6 Å². The van der Waals surface area contributed by atoms with Crippen LogP contribution in [-0.2, 0) is 0 Å². The van der Waals surface area contributed by atoms with Crippen LogP contribution in [0.2, 0.25) is 0 Å². The highest BCUT2D eigenvalue weighted by molar-refractivity contribution is 5.44. The van der Waals surface area contributed by atoms with Crippen molar-refractivity contribution in [3.63, 3.8) is 0 Å². The van der Waals surface area contributed by atoms with Crippen molar-refractivity contribution >= 4 is 0 Å². The van der Waals surface area contributed by atoms with Crippen LogP contribution in [-0.4, -0.2) is 12.2 Å². The lowest BCUT2D eigenvalue weighted by Crippen LogP contribution is -2.19. The van der Waals surface area contributed by atoms with Crippen LogP contribution >= 0.6 is 0 Å². The summed E-state index contributed by atoms with van der Waals surface area (Å²) in [5, 5.41) is 10.2. The summed E-state index contributed by atoms with van der Waals surface area (Å²) in [5.41, 5.74) is 1.91. The third-order valence-corrected chi connectivity index (χ3v) is 3.46. The highest BCUT2D eigenvalue weighted by atomic mass is 16.5. The molecule has 1 unspecified atom stereocenters. The van der Waals surface area contributed by atoms with Crippen LogP contribution in [0.5, 0.6) is 11.5 Å². The summed E-state index contributed by atoms with van der Waals surface area (Å²) in [7, 11) is 1.62. The van der Waals surface area contributed by atoms with Gasteiger partial charge in [0, 0.05) is 18.1 Å². The van der Waals surface area contributed by atoms with Gasteiger partial charge >= 0.3 is 0 Å². The first kappa shape index (κ1) is 12.1. The van der Waals surface area contributed by atoms with Gasteiger partial charge in [-0.1, -0.05) is 30.3 Å². The Bertz CT molecular complexity index is 565. The van der Waals surface area contributed by atoms with Gasteiger partial charge in [0.25, 0.3) is 0 Å². The maximum atomic E-state index is 10.2. The molecule has 0 saturated carbocycles. The van der Waals surface area contributed by atoms with Gasteiger partial charge in [-0.2, -0.15) is 0 Å². The van der Waals surface area contributed by atoms with E-state index in [2.05, 4.69) is 0 Å². The minimum absolute atomic E-state index is 0.115. The molecule has 3 nitrogen and oxygen atoms in total. The van der Waals surface area contributed by atoms with E-state index in [-0.39, 0.29) is 6.10 Å². The maximum absolute atomic E-state index is 10.2. The molecule has 3 heteroatoms. The first-order valence-corrected chi connectivity index (χ1v) is 6.35. The summed E-state index contributed by atoms with van der Waals surface area (Å²) in [5.74, 6) is 1.44. The second kappa shape index (κ2) is 4.94. The number of ether oxygens (including phenoxy) is 2. The van der Waals surface area contributed by atoms with Gasteiger partial charge < -0.3 is 14.6 Å². The molecule has 3 rings (SSSR count). The van der Waals surface area contributed by atoms with E-state index in [1.54, 1.807) is 7.11 Å². The predicted octanol–water partition coefficient (Wildman–Crippen LogP) is 3.25. The van der Waals surface area contributed by atoms with Crippen LogP contribution in [0, 0.1) is 0 Å². The molecule has 19 heavy (non-hydrogen) atoms. The van der Waals surface area contributed by atoms with Crippen LogP contribution in [0.4, 0.5) is 0 Å². The van der Waals surface area contributed by atoms with Crippen molar-refractivity contribution in [2.24, 2.45) is 0 Å². The average Bonchev–Trinajstić information content (AvgIpc) is 2.47. The Hall–Kier alpha value is -2.00. The topological polar surface area (TPSA) is 38.7 Å². The van der Waals surface area contributed by atoms with Crippen molar-refractivity contribution in [1.29, 1.82) is 0 Å². The fourth-order valence-corrected chi connectivity index (χ4v) is 2.42. The molecule has 0 spiro atoms. The van der Waals surface area contributed by atoms with Crippen molar-refractivity contribution in [2.45, 2.75) is 18.6 Å². The van der Waals surface area contributed by atoms with Crippen LogP contribution in [0.15, 0.2) is 48.5 Å². The number of hydrogen-bond acceptors (Lipinski definition) is 3. The summed E-state index contributed by atoms with van der Waals surface area (Å²) in [6.45, 7) is 0. The zero-order valence-electron chi connectivity index (χ0n) is 10.7. The van der Waals surface area contributed by atoms with Crippen molar-refractivity contribution in [1.82, 2.24) is 0 Å². The lowest BCUT2D eigenvalue weighted by Gasteiger charge is -2.30. The van der Waals surface area contributed by atoms with Crippen molar-refractivity contribution in [3.8, 4) is 11.5 Å². The molecule has 0 aliphatic carbocycles. The Balaban J connectivity index is 1.94. The van der Waals surface area contributed by atoms with Gasteiger partial charge in [-0.05, 0) is 17.7 Å². The molecule has 0 fully saturated rings. The fourth-order valence-electron chi connectivity index (χ4n) is 2.42. The third-order valence-electron chi connectivity index (χ3n) is 3.46. The Kier molecular flexibility index (Phi) is 3.13. The number of methoxy groups -OCH3 is 1. The quantitative estimate of drug-likeness (QED) is 0.896. The van der Waals surface area contributed by atoms with Crippen molar-refractivity contribution in [2.75, 3.05) is 7.11 Å². The monoisotopic (exact) mass is 256 g/mol. The molecule has 2 aromatic rings. The van der Waals surface area contributed by atoms with E-state index < -0.39 is 6.10 Å². The summed E-state index contributed by atoms with van der Waals surface area (Å²) >= 11 is 0. The zero-order chi connectivity index (χ0) is 13.2. The molecule has 1 aliphatic heterocycles. The smallest absolute Gasteiger partial charge is 0.129 e. The molecule has 1 N–H and O–H groups in total. The minimum atomic E-state index is -0.500. The second-order valence-corrected chi connectivity index (χ2v) is 4.67. The van der Waals surface area contributed by atoms with Crippen molar-refractivity contribution < 1.29 is 14.6 Å². The normalized spacial score (nSPS) is 21.4. The highest BCUT2D eigenvalue weighted by Gasteiger charge is 2.28. The summed E-state index contributed by atoms with van der Waals surface area (Å²) in [4.78, 5) is 0. The molecular formula is C16H16O3. The predicted molar refractivity (Wildman–Crippen MR) is 72.4 cm³/mol. The van der Waals surface area contributed by atoms with E-state index in [1.807, 2.05) is 48.5 Å². The molecule has 0 amide bonds. The molecule has 98 valence electrons. The summed E-state index contributed by atoms with van der Waals surface area (Å²) in [6.07, 6.45) is -0.0424. The largest absolute Gasteiger partial charge is 0.497 e. The van der Waals surface area contributed by atoms with Crippen LogP contribution in [0.1, 0.15) is 29.8 Å². The summed E-state index contributed by atoms with van der Waals surface area (Å²) < 4.78 is 11.2. The van der Waals surface area contributed by atoms with Gasteiger partial charge in [-0.15, -0.1) is 0 Å². The Morgan fingerprint density at radius 3 is 2.68 bits per heavy atom. The molecule has 1 aliphatic rings. The SMILES string of the molecule is COc1ccc2c(c1)OC(c1ccccc1)C[C@H]2O. The van der Waals surface area contributed by atoms with E-state index in [0.717, 1.165) is 16.9 Å². The Morgan fingerprint density at radius 2 is 1.95 bits per heavy atom. The zero-order valence-corrected chi connectivity index (χ0v) is 10.7. The number of hydrogen-bond donors (Lipinski definition) is 1. The summed E-state index contributed by atoms with van der Waals surface area (Å²) in [6, 6.07) is 15.5. The molecule has 1 heterocycles. The van der Waals surface area contributed by atoms with Crippen LogP contribution in [0.3, 0.4) is 0 Å². The van der Waals surface area contributed by atoms with E-state index in [9.17, 15) is 5.11 Å². The molecule has 0 bridgehead atoms. The third kappa shape index (κ3) is 2.29. The standard InChI is InChI=1S/C16H16O3/c1-18-12-7-8-13-14(17)10-15(19-16(13)9-12)11-5-3-2-4-6-11/h2-9,14-15,17H,10H2,1H3/t14-,15?/m1/s1. The van der Waals surface area contributed by atoms with Crippen molar-refractivity contribution in [3.05, 3.63) is 59.7 Å². The average molecular weight is 256 g/mol. The first-order valence-electron chi connectivity index (χ1n) is 6.35. The van der Waals surface area contributed by atoms with Gasteiger partial charge in [-0.25, -0.2) is 0 Å². The van der Waals surface area contributed by atoms with Gasteiger partial charge in [-0.3, -0.25) is 0 Å². The Labute approximate surface area is 112 Å². The number of rotatable bonds is 2. The number of benzene rings is 2. The van der Waals surface area contributed by atoms with Gasteiger partial charge in [0.2, 0.25) is 0 Å². The van der Waals surface area contributed by atoms with Crippen LogP contribution < -0.4 is 9.47 Å².